The van der Waals surface area contributed by atoms with Gasteiger partial charge < -0.3 is 15.5 Å². The van der Waals surface area contributed by atoms with Crippen molar-refractivity contribution in [1.29, 1.82) is 0 Å². The van der Waals surface area contributed by atoms with Crippen LogP contribution < -0.4 is 5.32 Å². The largest absolute Gasteiger partial charge is 0.481 e. The minimum atomic E-state index is -4.48. The van der Waals surface area contributed by atoms with Crippen LogP contribution in [0.2, 0.25) is 0 Å². The Morgan fingerprint density at radius 1 is 1.16 bits per heavy atom. The van der Waals surface area contributed by atoms with E-state index < -0.39 is 36.1 Å². The lowest BCUT2D eigenvalue weighted by Gasteiger charge is -2.14. The Labute approximate surface area is 105 Å². The Balaban J connectivity index is 2.81. The first-order valence-corrected chi connectivity index (χ1v) is 5.08. The number of anilines is 1. The maximum atomic E-state index is 12.3. The van der Waals surface area contributed by atoms with E-state index in [2.05, 4.69) is 5.32 Å². The van der Waals surface area contributed by atoms with Gasteiger partial charge in [-0.1, -0.05) is 0 Å². The molecule has 5 nitrogen and oxygen atoms in total. The van der Waals surface area contributed by atoms with Gasteiger partial charge in [0.1, 0.15) is 6.04 Å². The van der Waals surface area contributed by atoms with Crippen molar-refractivity contribution in [3.63, 3.8) is 0 Å². The van der Waals surface area contributed by atoms with Gasteiger partial charge in [0.05, 0.1) is 12.0 Å². The minimum Gasteiger partial charge on any atom is -0.481 e. The number of aliphatic carboxylic acids is 2. The van der Waals surface area contributed by atoms with Gasteiger partial charge in [0.25, 0.3) is 0 Å². The number of hydrogen-bond donors (Lipinski definition) is 3. The van der Waals surface area contributed by atoms with Crippen LogP contribution in [0, 0.1) is 0 Å². The lowest BCUT2D eigenvalue weighted by Crippen LogP contribution is -2.31. The van der Waals surface area contributed by atoms with Gasteiger partial charge in [-0.25, -0.2) is 4.79 Å². The second kappa shape index (κ2) is 5.59. The molecule has 0 aliphatic heterocycles. The molecule has 1 unspecified atom stereocenters. The molecule has 0 saturated heterocycles. The molecular formula is C11H10F3NO4. The maximum Gasteiger partial charge on any atom is 0.416 e. The summed E-state index contributed by atoms with van der Waals surface area (Å²) < 4.78 is 36.9. The number of rotatable bonds is 5. The summed E-state index contributed by atoms with van der Waals surface area (Å²) in [6.45, 7) is 0. The number of hydrogen-bond acceptors (Lipinski definition) is 3. The predicted octanol–water partition coefficient (Wildman–Crippen LogP) is 2.05. The molecule has 8 heteroatoms. The lowest BCUT2D eigenvalue weighted by atomic mass is 10.1. The highest BCUT2D eigenvalue weighted by atomic mass is 19.4. The highest BCUT2D eigenvalue weighted by Gasteiger charge is 2.30. The molecule has 0 radical (unpaired) electrons. The summed E-state index contributed by atoms with van der Waals surface area (Å²) >= 11 is 0. The molecule has 104 valence electrons. The van der Waals surface area contributed by atoms with Crippen molar-refractivity contribution >= 4 is 17.6 Å². The molecule has 0 bridgehead atoms. The maximum absolute atomic E-state index is 12.3. The number of alkyl halides is 3. The molecule has 1 rings (SSSR count). The van der Waals surface area contributed by atoms with E-state index in [0.29, 0.717) is 0 Å². The van der Waals surface area contributed by atoms with Crippen molar-refractivity contribution in [2.45, 2.75) is 18.6 Å². The molecule has 1 atom stereocenters. The van der Waals surface area contributed by atoms with Gasteiger partial charge in [-0.05, 0) is 24.3 Å². The smallest absolute Gasteiger partial charge is 0.416 e. The number of halogens is 3. The van der Waals surface area contributed by atoms with Crippen LogP contribution in [-0.2, 0) is 15.8 Å². The first-order chi connectivity index (χ1) is 8.70. The molecule has 0 aliphatic rings. The van der Waals surface area contributed by atoms with Gasteiger partial charge in [0.15, 0.2) is 0 Å². The fourth-order valence-electron chi connectivity index (χ4n) is 1.33. The van der Waals surface area contributed by atoms with Crippen LogP contribution in [0.3, 0.4) is 0 Å². The summed E-state index contributed by atoms with van der Waals surface area (Å²) in [6, 6.07) is 2.24. The third kappa shape index (κ3) is 4.49. The fourth-order valence-corrected chi connectivity index (χ4v) is 1.33. The Morgan fingerprint density at radius 2 is 1.68 bits per heavy atom. The van der Waals surface area contributed by atoms with Crippen molar-refractivity contribution in [2.75, 3.05) is 5.32 Å². The van der Waals surface area contributed by atoms with Crippen LogP contribution in [-0.4, -0.2) is 28.2 Å². The first kappa shape index (κ1) is 14.8. The Kier molecular flexibility index (Phi) is 4.36. The Morgan fingerprint density at radius 3 is 2.05 bits per heavy atom. The quantitative estimate of drug-likeness (QED) is 0.766. The summed E-state index contributed by atoms with van der Waals surface area (Å²) in [5.74, 6) is -2.73. The molecule has 0 heterocycles. The van der Waals surface area contributed by atoms with Gasteiger partial charge in [-0.15, -0.1) is 0 Å². The predicted molar refractivity (Wildman–Crippen MR) is 58.7 cm³/mol. The van der Waals surface area contributed by atoms with Crippen molar-refractivity contribution in [3.05, 3.63) is 29.8 Å². The van der Waals surface area contributed by atoms with E-state index in [1.807, 2.05) is 0 Å². The van der Waals surface area contributed by atoms with E-state index in [1.54, 1.807) is 0 Å². The number of benzene rings is 1. The second-order valence-corrected chi connectivity index (χ2v) is 3.71. The average molecular weight is 277 g/mol. The molecule has 19 heavy (non-hydrogen) atoms. The minimum absolute atomic E-state index is 0.0988. The zero-order chi connectivity index (χ0) is 14.6. The summed E-state index contributed by atoms with van der Waals surface area (Å²) in [5, 5.41) is 19.6. The van der Waals surface area contributed by atoms with Crippen LogP contribution in [0.15, 0.2) is 24.3 Å². The molecule has 0 amide bonds. The Hall–Kier alpha value is -2.25. The molecule has 0 fully saturated rings. The van der Waals surface area contributed by atoms with E-state index in [4.69, 9.17) is 10.2 Å². The topological polar surface area (TPSA) is 86.6 Å². The van der Waals surface area contributed by atoms with E-state index in [9.17, 15) is 22.8 Å². The van der Waals surface area contributed by atoms with Crippen molar-refractivity contribution in [1.82, 2.24) is 0 Å². The summed E-state index contributed by atoms with van der Waals surface area (Å²) in [6.07, 6.45) is -5.16. The van der Waals surface area contributed by atoms with Gasteiger partial charge in [-0.3, -0.25) is 4.79 Å². The van der Waals surface area contributed by atoms with Gasteiger partial charge in [-0.2, -0.15) is 13.2 Å². The normalized spacial score (nSPS) is 12.8. The van der Waals surface area contributed by atoms with E-state index in [-0.39, 0.29) is 5.69 Å². The SMILES string of the molecule is O=C(O)CC(Nc1ccc(C(F)(F)F)cc1)C(=O)O. The zero-order valence-electron chi connectivity index (χ0n) is 9.44. The van der Waals surface area contributed by atoms with Gasteiger partial charge in [0, 0.05) is 5.69 Å². The van der Waals surface area contributed by atoms with Gasteiger partial charge >= 0.3 is 18.1 Å². The molecule has 1 aromatic rings. The van der Waals surface area contributed by atoms with Crippen LogP contribution >= 0.6 is 0 Å². The van der Waals surface area contributed by atoms with Crippen LogP contribution in [0.4, 0.5) is 18.9 Å². The standard InChI is InChI=1S/C11H10F3NO4/c12-11(13,14)6-1-3-7(4-2-6)15-8(10(18)19)5-9(16)17/h1-4,8,15H,5H2,(H,16,17)(H,18,19). The van der Waals surface area contributed by atoms with Crippen LogP contribution in [0.25, 0.3) is 0 Å². The van der Waals surface area contributed by atoms with Crippen molar-refractivity contribution in [2.24, 2.45) is 0 Å². The number of carboxylic acid groups (broad SMARTS) is 2. The third-order valence-electron chi connectivity index (χ3n) is 2.23. The highest BCUT2D eigenvalue weighted by molar-refractivity contribution is 5.83. The molecule has 0 aliphatic carbocycles. The van der Waals surface area contributed by atoms with E-state index in [0.717, 1.165) is 24.3 Å². The summed E-state index contributed by atoms with van der Waals surface area (Å²) in [7, 11) is 0. The number of carboxylic acids is 2. The number of carbonyl (C=O) groups is 2. The molecule has 0 saturated carbocycles. The van der Waals surface area contributed by atoms with Gasteiger partial charge in [0.2, 0.25) is 0 Å². The Bertz CT molecular complexity index is 470. The van der Waals surface area contributed by atoms with Crippen molar-refractivity contribution in [3.8, 4) is 0 Å². The molecular weight excluding hydrogens is 267 g/mol. The second-order valence-electron chi connectivity index (χ2n) is 3.71. The fraction of sp³-hybridized carbons (Fsp3) is 0.273. The first-order valence-electron chi connectivity index (χ1n) is 5.08. The van der Waals surface area contributed by atoms with E-state index >= 15 is 0 Å². The van der Waals surface area contributed by atoms with Crippen molar-refractivity contribution < 1.29 is 33.0 Å². The van der Waals surface area contributed by atoms with E-state index in [1.165, 1.54) is 0 Å². The monoisotopic (exact) mass is 277 g/mol. The summed E-state index contributed by atoms with van der Waals surface area (Å²) in [4.78, 5) is 21.2. The lowest BCUT2D eigenvalue weighted by molar-refractivity contribution is -0.144. The zero-order valence-corrected chi connectivity index (χ0v) is 9.44. The third-order valence-corrected chi connectivity index (χ3v) is 2.23. The molecule has 0 aromatic heterocycles. The average Bonchev–Trinajstić information content (AvgIpc) is 2.27. The highest BCUT2D eigenvalue weighted by Crippen LogP contribution is 2.29. The van der Waals surface area contributed by atoms with Crippen LogP contribution in [0.5, 0.6) is 0 Å². The molecule has 3 N–H and O–H groups in total. The molecule has 1 aromatic carbocycles. The number of nitrogens with one attached hydrogen (secondary N) is 1. The molecule has 0 spiro atoms. The van der Waals surface area contributed by atoms with Crippen LogP contribution in [0.1, 0.15) is 12.0 Å². The summed E-state index contributed by atoms with van der Waals surface area (Å²) in [5.41, 5.74) is -0.773.